The summed E-state index contributed by atoms with van der Waals surface area (Å²) in [6.45, 7) is 4.06. The Morgan fingerprint density at radius 1 is 1.21 bits per heavy atom. The molecule has 0 N–H and O–H groups in total. The van der Waals surface area contributed by atoms with E-state index in [1.807, 2.05) is 19.9 Å². The molecule has 68 valence electrons. The van der Waals surface area contributed by atoms with Crippen LogP contribution in [0.15, 0.2) is 24.4 Å². The van der Waals surface area contributed by atoms with Gasteiger partial charge in [-0.2, -0.15) is 5.26 Å². The minimum Gasteiger partial charge on any atom is -0.255 e. The molecule has 0 amide bonds. The molecule has 2 heteroatoms. The van der Waals surface area contributed by atoms with Crippen LogP contribution in [0.1, 0.15) is 16.7 Å². The first-order valence-corrected chi connectivity index (χ1v) is 4.48. The first-order chi connectivity index (χ1) is 6.72. The van der Waals surface area contributed by atoms with Crippen molar-refractivity contribution >= 4 is 10.9 Å². The molecule has 0 spiro atoms. The van der Waals surface area contributed by atoms with Crippen LogP contribution in [0.4, 0.5) is 0 Å². The number of rotatable bonds is 0. The minimum absolute atomic E-state index is 0.617. The number of pyridine rings is 1. The molecule has 0 saturated heterocycles. The number of nitriles is 1. The van der Waals surface area contributed by atoms with Gasteiger partial charge in [0.05, 0.1) is 11.1 Å². The van der Waals surface area contributed by atoms with Crippen molar-refractivity contribution in [3.8, 4) is 6.07 Å². The summed E-state index contributed by atoms with van der Waals surface area (Å²) in [6, 6.07) is 8.11. The molecule has 0 aliphatic rings. The number of aryl methyl sites for hydroxylation is 2. The Balaban J connectivity index is 2.89. The van der Waals surface area contributed by atoms with E-state index < -0.39 is 0 Å². The lowest BCUT2D eigenvalue weighted by molar-refractivity contribution is 1.32. The van der Waals surface area contributed by atoms with Gasteiger partial charge in [-0.25, -0.2) is 0 Å². The quantitative estimate of drug-likeness (QED) is 0.628. The Labute approximate surface area is 82.8 Å². The molecule has 0 saturated carbocycles. The maximum atomic E-state index is 8.77. The van der Waals surface area contributed by atoms with Crippen LogP contribution in [0.3, 0.4) is 0 Å². The van der Waals surface area contributed by atoms with Crippen molar-refractivity contribution in [1.29, 1.82) is 5.26 Å². The van der Waals surface area contributed by atoms with Crippen LogP contribution in [0.5, 0.6) is 0 Å². The van der Waals surface area contributed by atoms with Gasteiger partial charge in [0.1, 0.15) is 6.07 Å². The zero-order valence-corrected chi connectivity index (χ0v) is 8.20. The zero-order valence-electron chi connectivity index (χ0n) is 8.20. The number of nitrogens with zero attached hydrogens (tertiary/aromatic N) is 2. The monoisotopic (exact) mass is 182 g/mol. The fourth-order valence-corrected chi connectivity index (χ4v) is 1.56. The summed E-state index contributed by atoms with van der Waals surface area (Å²) in [5.41, 5.74) is 3.92. The Kier molecular flexibility index (Phi) is 1.94. The normalized spacial score (nSPS) is 10.1. The maximum Gasteiger partial charge on any atom is 0.101 e. The molecule has 0 atom stereocenters. The highest BCUT2D eigenvalue weighted by Gasteiger charge is 2.02. The molecule has 0 bridgehead atoms. The fraction of sp³-hybridized carbons (Fsp3) is 0.167. The molecule has 0 radical (unpaired) electrons. The lowest BCUT2D eigenvalue weighted by atomic mass is 10.0. The lowest BCUT2D eigenvalue weighted by Crippen LogP contribution is -1.87. The van der Waals surface area contributed by atoms with Crippen LogP contribution in [0.2, 0.25) is 0 Å². The molecule has 0 aliphatic carbocycles. The van der Waals surface area contributed by atoms with Crippen LogP contribution >= 0.6 is 0 Å². The molecule has 0 fully saturated rings. The second-order valence-corrected chi connectivity index (χ2v) is 3.43. The van der Waals surface area contributed by atoms with Crippen molar-refractivity contribution < 1.29 is 0 Å². The highest BCUT2D eigenvalue weighted by atomic mass is 14.7. The molecular formula is C12H10N2. The van der Waals surface area contributed by atoms with Gasteiger partial charge in [-0.05, 0) is 31.0 Å². The first-order valence-electron chi connectivity index (χ1n) is 4.48. The molecule has 2 aromatic rings. The van der Waals surface area contributed by atoms with E-state index >= 15 is 0 Å². The first kappa shape index (κ1) is 8.71. The highest BCUT2D eigenvalue weighted by molar-refractivity contribution is 5.85. The predicted octanol–water partition coefficient (Wildman–Crippen LogP) is 2.72. The Morgan fingerprint density at radius 3 is 2.64 bits per heavy atom. The summed E-state index contributed by atoms with van der Waals surface area (Å²) < 4.78 is 0. The lowest BCUT2D eigenvalue weighted by Gasteiger charge is -2.04. The number of aromatic nitrogens is 1. The molecule has 1 aromatic heterocycles. The maximum absolute atomic E-state index is 8.77. The third-order valence-electron chi connectivity index (χ3n) is 2.40. The van der Waals surface area contributed by atoms with Gasteiger partial charge in [0.15, 0.2) is 0 Å². The predicted molar refractivity (Wildman–Crippen MR) is 55.9 cm³/mol. The summed E-state index contributed by atoms with van der Waals surface area (Å²) in [4.78, 5) is 4.29. The number of hydrogen-bond donors (Lipinski definition) is 0. The summed E-state index contributed by atoms with van der Waals surface area (Å²) in [6.07, 6.45) is 1.62. The smallest absolute Gasteiger partial charge is 0.101 e. The van der Waals surface area contributed by atoms with Gasteiger partial charge < -0.3 is 0 Å². The van der Waals surface area contributed by atoms with Gasteiger partial charge in [-0.15, -0.1) is 0 Å². The number of fused-ring (bicyclic) bond motifs is 1. The summed E-state index contributed by atoms with van der Waals surface area (Å²) in [5.74, 6) is 0. The van der Waals surface area contributed by atoms with Crippen molar-refractivity contribution in [1.82, 2.24) is 4.98 Å². The molecule has 1 aromatic carbocycles. The van der Waals surface area contributed by atoms with Gasteiger partial charge in [0.2, 0.25) is 0 Å². The van der Waals surface area contributed by atoms with Crippen molar-refractivity contribution in [2.45, 2.75) is 13.8 Å². The highest BCUT2D eigenvalue weighted by Crippen LogP contribution is 2.20. The van der Waals surface area contributed by atoms with E-state index in [0.29, 0.717) is 5.56 Å². The van der Waals surface area contributed by atoms with E-state index in [1.54, 1.807) is 6.20 Å². The summed E-state index contributed by atoms with van der Waals surface area (Å²) in [5, 5.41) is 9.84. The van der Waals surface area contributed by atoms with E-state index in [-0.39, 0.29) is 0 Å². The van der Waals surface area contributed by atoms with E-state index in [9.17, 15) is 0 Å². The minimum atomic E-state index is 0.617. The Hall–Kier alpha value is -1.88. The van der Waals surface area contributed by atoms with Gasteiger partial charge in [0.25, 0.3) is 0 Å². The molecule has 0 aliphatic heterocycles. The SMILES string of the molecule is Cc1ccc(C)c2ncc(C#N)cc12. The standard InChI is InChI=1S/C12H10N2/c1-8-3-4-9(2)12-11(8)5-10(6-13)7-14-12/h3-5,7H,1-2H3. The largest absolute Gasteiger partial charge is 0.255 e. The molecule has 14 heavy (non-hydrogen) atoms. The van der Waals surface area contributed by atoms with Gasteiger partial charge in [-0.1, -0.05) is 12.1 Å². The van der Waals surface area contributed by atoms with E-state index in [0.717, 1.165) is 22.0 Å². The van der Waals surface area contributed by atoms with Gasteiger partial charge in [-0.3, -0.25) is 4.98 Å². The van der Waals surface area contributed by atoms with Crippen molar-refractivity contribution in [3.05, 3.63) is 41.1 Å². The van der Waals surface area contributed by atoms with Crippen LogP contribution in [-0.4, -0.2) is 4.98 Å². The average molecular weight is 182 g/mol. The van der Waals surface area contributed by atoms with Crippen LogP contribution in [0.25, 0.3) is 10.9 Å². The second-order valence-electron chi connectivity index (χ2n) is 3.43. The molecular weight excluding hydrogens is 172 g/mol. The molecule has 0 unspecified atom stereocenters. The third-order valence-corrected chi connectivity index (χ3v) is 2.40. The van der Waals surface area contributed by atoms with E-state index in [4.69, 9.17) is 5.26 Å². The third kappa shape index (κ3) is 1.23. The topological polar surface area (TPSA) is 36.7 Å². The summed E-state index contributed by atoms with van der Waals surface area (Å²) in [7, 11) is 0. The van der Waals surface area contributed by atoms with Crippen LogP contribution in [0, 0.1) is 25.2 Å². The number of benzene rings is 1. The van der Waals surface area contributed by atoms with Gasteiger partial charge >= 0.3 is 0 Å². The van der Waals surface area contributed by atoms with Crippen molar-refractivity contribution in [3.63, 3.8) is 0 Å². The second kappa shape index (κ2) is 3.12. The van der Waals surface area contributed by atoms with Crippen molar-refractivity contribution in [2.75, 3.05) is 0 Å². The summed E-state index contributed by atoms with van der Waals surface area (Å²) >= 11 is 0. The van der Waals surface area contributed by atoms with Gasteiger partial charge in [0, 0.05) is 11.6 Å². The fourth-order valence-electron chi connectivity index (χ4n) is 1.56. The van der Waals surface area contributed by atoms with E-state index in [1.165, 1.54) is 0 Å². The van der Waals surface area contributed by atoms with E-state index in [2.05, 4.69) is 23.2 Å². The Morgan fingerprint density at radius 2 is 1.93 bits per heavy atom. The molecule has 2 nitrogen and oxygen atoms in total. The average Bonchev–Trinajstić information content (AvgIpc) is 2.23. The number of hydrogen-bond acceptors (Lipinski definition) is 2. The zero-order chi connectivity index (χ0) is 10.1. The van der Waals surface area contributed by atoms with Crippen molar-refractivity contribution in [2.24, 2.45) is 0 Å². The Bertz CT molecular complexity index is 536. The molecule has 1 heterocycles. The van der Waals surface area contributed by atoms with Crippen LogP contribution in [-0.2, 0) is 0 Å². The molecule has 2 rings (SSSR count). The van der Waals surface area contributed by atoms with Crippen LogP contribution < -0.4 is 0 Å².